The van der Waals surface area contributed by atoms with Gasteiger partial charge < -0.3 is 5.32 Å². The number of rotatable bonds is 6. The Balaban J connectivity index is 1.73. The second-order valence-electron chi connectivity index (χ2n) is 5.06. The molecule has 1 N–H and O–H groups in total. The van der Waals surface area contributed by atoms with Gasteiger partial charge in [-0.25, -0.2) is 4.98 Å². The summed E-state index contributed by atoms with van der Waals surface area (Å²) in [6.45, 7) is 1.04. The average molecular weight is 337 g/mol. The van der Waals surface area contributed by atoms with Crippen LogP contribution in [-0.4, -0.2) is 17.6 Å². The highest BCUT2D eigenvalue weighted by Gasteiger charge is 2.23. The summed E-state index contributed by atoms with van der Waals surface area (Å²) in [5.41, 5.74) is 1.39. The van der Waals surface area contributed by atoms with Crippen LogP contribution in [0.1, 0.15) is 29.3 Å². The molecule has 1 saturated carbocycles. The number of hydrogen-bond acceptors (Lipinski definition) is 3. The molecule has 1 heterocycles. The van der Waals surface area contributed by atoms with Crippen molar-refractivity contribution < 1.29 is 0 Å². The van der Waals surface area contributed by atoms with Gasteiger partial charge in [-0.2, -0.15) is 0 Å². The van der Waals surface area contributed by atoms with Gasteiger partial charge in [0.25, 0.3) is 0 Å². The lowest BCUT2D eigenvalue weighted by molar-refractivity contribution is 0.576. The third-order valence-corrected chi connectivity index (χ3v) is 4.75. The van der Waals surface area contributed by atoms with Gasteiger partial charge in [-0.3, -0.25) is 0 Å². The van der Waals surface area contributed by atoms with Crippen molar-refractivity contribution in [3.8, 4) is 0 Å². The Morgan fingerprint density at radius 1 is 1.42 bits per heavy atom. The molecule has 1 aliphatic rings. The number of nitrogens with zero attached hydrogens (tertiary/aromatic N) is 1. The van der Waals surface area contributed by atoms with Crippen LogP contribution in [0.5, 0.6) is 0 Å². The van der Waals surface area contributed by atoms with Crippen LogP contribution in [0.3, 0.4) is 0 Å². The second kappa shape index (κ2) is 6.16. The van der Waals surface area contributed by atoms with Gasteiger partial charge in [0.15, 0.2) is 0 Å². The maximum atomic E-state index is 4.43. The molecule has 0 radical (unpaired) electrons. The number of aromatic nitrogens is 1. The fourth-order valence-corrected chi connectivity index (χ4v) is 3.34. The molecule has 1 atom stereocenters. The SMILES string of the molecule is Brc1cccc(C(CNC2CC2)Cc2nccs2)c1. The minimum Gasteiger partial charge on any atom is -0.313 e. The minimum atomic E-state index is 0.504. The molecule has 0 amide bonds. The van der Waals surface area contributed by atoms with Crippen LogP contribution in [0.25, 0.3) is 0 Å². The largest absolute Gasteiger partial charge is 0.313 e. The monoisotopic (exact) mass is 336 g/mol. The Morgan fingerprint density at radius 3 is 3.00 bits per heavy atom. The maximum absolute atomic E-state index is 4.43. The van der Waals surface area contributed by atoms with E-state index in [1.165, 1.54) is 23.4 Å². The highest BCUT2D eigenvalue weighted by atomic mass is 79.9. The van der Waals surface area contributed by atoms with Crippen LogP contribution < -0.4 is 5.32 Å². The van der Waals surface area contributed by atoms with E-state index >= 15 is 0 Å². The first-order valence-electron chi connectivity index (χ1n) is 6.68. The maximum Gasteiger partial charge on any atom is 0.0931 e. The summed E-state index contributed by atoms with van der Waals surface area (Å²) >= 11 is 5.32. The predicted octanol–water partition coefficient (Wildman–Crippen LogP) is 3.98. The summed E-state index contributed by atoms with van der Waals surface area (Å²) in [6.07, 6.45) is 5.59. The first-order chi connectivity index (χ1) is 9.31. The normalized spacial score (nSPS) is 16.5. The summed E-state index contributed by atoms with van der Waals surface area (Å²) in [7, 11) is 0. The fourth-order valence-electron chi connectivity index (χ4n) is 2.23. The number of halogens is 1. The van der Waals surface area contributed by atoms with Crippen molar-refractivity contribution in [2.75, 3.05) is 6.54 Å². The van der Waals surface area contributed by atoms with E-state index in [-0.39, 0.29) is 0 Å². The molecule has 1 unspecified atom stereocenters. The smallest absolute Gasteiger partial charge is 0.0931 e. The first-order valence-corrected chi connectivity index (χ1v) is 8.36. The lowest BCUT2D eigenvalue weighted by Gasteiger charge is -2.17. The van der Waals surface area contributed by atoms with E-state index < -0.39 is 0 Å². The van der Waals surface area contributed by atoms with E-state index in [2.05, 4.69) is 55.9 Å². The van der Waals surface area contributed by atoms with Crippen molar-refractivity contribution in [2.24, 2.45) is 0 Å². The van der Waals surface area contributed by atoms with Crippen molar-refractivity contribution in [2.45, 2.75) is 31.2 Å². The fraction of sp³-hybridized carbons (Fsp3) is 0.400. The lowest BCUT2D eigenvalue weighted by atomic mass is 9.96. The Bertz CT molecular complexity index is 523. The van der Waals surface area contributed by atoms with Crippen LogP contribution >= 0.6 is 27.3 Å². The first kappa shape index (κ1) is 13.3. The molecule has 1 aromatic heterocycles. The van der Waals surface area contributed by atoms with Gasteiger partial charge in [-0.1, -0.05) is 28.1 Å². The van der Waals surface area contributed by atoms with Crippen LogP contribution in [0, 0.1) is 0 Å². The highest BCUT2D eigenvalue weighted by molar-refractivity contribution is 9.10. The van der Waals surface area contributed by atoms with E-state index in [0.717, 1.165) is 23.5 Å². The third kappa shape index (κ3) is 3.88. The number of thiazole rings is 1. The van der Waals surface area contributed by atoms with Gasteiger partial charge in [0.2, 0.25) is 0 Å². The summed E-state index contributed by atoms with van der Waals surface area (Å²) < 4.78 is 1.15. The second-order valence-corrected chi connectivity index (χ2v) is 6.96. The van der Waals surface area contributed by atoms with Gasteiger partial charge in [-0.15, -0.1) is 11.3 Å². The summed E-state index contributed by atoms with van der Waals surface area (Å²) in [6, 6.07) is 9.40. The molecule has 2 aromatic rings. The molecule has 2 nitrogen and oxygen atoms in total. The molecule has 4 heteroatoms. The number of nitrogens with one attached hydrogen (secondary N) is 1. The average Bonchev–Trinajstić information content (AvgIpc) is 3.10. The molecule has 3 rings (SSSR count). The zero-order chi connectivity index (χ0) is 13.1. The third-order valence-electron chi connectivity index (χ3n) is 3.45. The van der Waals surface area contributed by atoms with Crippen LogP contribution in [-0.2, 0) is 6.42 Å². The molecule has 19 heavy (non-hydrogen) atoms. The quantitative estimate of drug-likeness (QED) is 0.862. The van der Waals surface area contributed by atoms with E-state index in [4.69, 9.17) is 0 Å². The molecule has 1 aromatic carbocycles. The highest BCUT2D eigenvalue weighted by Crippen LogP contribution is 2.26. The van der Waals surface area contributed by atoms with Gasteiger partial charge in [0.05, 0.1) is 5.01 Å². The van der Waals surface area contributed by atoms with Crippen molar-refractivity contribution in [1.29, 1.82) is 0 Å². The molecule has 0 saturated heterocycles. The Hall–Kier alpha value is -0.710. The topological polar surface area (TPSA) is 24.9 Å². The number of benzene rings is 1. The Morgan fingerprint density at radius 2 is 2.32 bits per heavy atom. The zero-order valence-electron chi connectivity index (χ0n) is 10.7. The molecular formula is C15H17BrN2S. The summed E-state index contributed by atoms with van der Waals surface area (Å²) in [4.78, 5) is 4.43. The van der Waals surface area contributed by atoms with E-state index in [1.54, 1.807) is 11.3 Å². The van der Waals surface area contributed by atoms with E-state index in [9.17, 15) is 0 Å². The van der Waals surface area contributed by atoms with E-state index in [1.807, 2.05) is 6.20 Å². The van der Waals surface area contributed by atoms with Gasteiger partial charge in [0.1, 0.15) is 0 Å². The molecule has 1 fully saturated rings. The van der Waals surface area contributed by atoms with Gasteiger partial charge in [-0.05, 0) is 30.5 Å². The minimum absolute atomic E-state index is 0.504. The van der Waals surface area contributed by atoms with E-state index in [0.29, 0.717) is 5.92 Å². The van der Waals surface area contributed by atoms with Crippen molar-refractivity contribution in [1.82, 2.24) is 10.3 Å². The van der Waals surface area contributed by atoms with Crippen molar-refractivity contribution in [3.05, 3.63) is 50.9 Å². The van der Waals surface area contributed by atoms with Crippen LogP contribution in [0.15, 0.2) is 40.3 Å². The molecule has 100 valence electrons. The van der Waals surface area contributed by atoms with Gasteiger partial charge >= 0.3 is 0 Å². The summed E-state index contributed by atoms with van der Waals surface area (Å²) in [5, 5.41) is 6.93. The van der Waals surface area contributed by atoms with Crippen LogP contribution in [0.4, 0.5) is 0 Å². The standard InChI is InChI=1S/C15H17BrN2S/c16-13-3-1-2-11(8-13)12(10-18-14-4-5-14)9-15-17-6-7-19-15/h1-3,6-8,12,14,18H,4-5,9-10H2. The molecule has 0 spiro atoms. The summed E-state index contributed by atoms with van der Waals surface area (Å²) in [5.74, 6) is 0.504. The Kier molecular flexibility index (Phi) is 4.31. The number of hydrogen-bond donors (Lipinski definition) is 1. The molecule has 0 bridgehead atoms. The van der Waals surface area contributed by atoms with Crippen molar-refractivity contribution >= 4 is 27.3 Å². The van der Waals surface area contributed by atoms with Crippen molar-refractivity contribution in [3.63, 3.8) is 0 Å². The molecular weight excluding hydrogens is 320 g/mol. The van der Waals surface area contributed by atoms with Gasteiger partial charge in [0, 0.05) is 41.0 Å². The van der Waals surface area contributed by atoms with Crippen LogP contribution in [0.2, 0.25) is 0 Å². The zero-order valence-corrected chi connectivity index (χ0v) is 13.1. The Labute approximate surface area is 126 Å². The lowest BCUT2D eigenvalue weighted by Crippen LogP contribution is -2.24. The molecule has 1 aliphatic carbocycles. The predicted molar refractivity (Wildman–Crippen MR) is 83.7 cm³/mol. The molecule has 0 aliphatic heterocycles.